The number of alkyl halides is 12. The first-order valence-corrected chi connectivity index (χ1v) is 10.3. The van der Waals surface area contributed by atoms with Crippen molar-refractivity contribution >= 4 is 12.6 Å². The molecule has 0 spiro atoms. The van der Waals surface area contributed by atoms with Crippen molar-refractivity contribution in [3.8, 4) is 11.1 Å². The molecule has 0 aliphatic carbocycles. The van der Waals surface area contributed by atoms with Crippen LogP contribution in [0.1, 0.15) is 49.9 Å². The van der Waals surface area contributed by atoms with E-state index in [1.165, 1.54) is 27.7 Å². The Morgan fingerprint density at radius 3 is 1.27 bits per heavy atom. The summed E-state index contributed by atoms with van der Waals surface area (Å²) in [5, 5.41) is 0. The highest BCUT2D eigenvalue weighted by molar-refractivity contribution is 6.64. The van der Waals surface area contributed by atoms with Gasteiger partial charge in [0.05, 0.1) is 33.5 Å². The van der Waals surface area contributed by atoms with Crippen LogP contribution in [0.15, 0.2) is 30.3 Å². The SMILES string of the molecule is CC1(C)OB(c2cc(C(F)(F)F)cc(C(F)(F)F)c2-c2cc(C(F)(F)F)cc(C(F)(F)F)c2)OC1(C)C. The molecule has 15 heteroatoms. The van der Waals surface area contributed by atoms with Crippen LogP contribution in [0.2, 0.25) is 0 Å². The summed E-state index contributed by atoms with van der Waals surface area (Å²) in [6.45, 7) is 5.60. The summed E-state index contributed by atoms with van der Waals surface area (Å²) >= 11 is 0. The Morgan fingerprint density at radius 2 is 0.919 bits per heavy atom. The lowest BCUT2D eigenvalue weighted by atomic mass is 9.71. The van der Waals surface area contributed by atoms with E-state index in [0.29, 0.717) is 0 Å². The van der Waals surface area contributed by atoms with Crippen LogP contribution in [0.3, 0.4) is 0 Å². The third kappa shape index (κ3) is 5.71. The zero-order valence-corrected chi connectivity index (χ0v) is 19.3. The molecule has 0 aromatic heterocycles. The predicted molar refractivity (Wildman–Crippen MR) is 108 cm³/mol. The number of benzene rings is 2. The molecule has 1 heterocycles. The van der Waals surface area contributed by atoms with Crippen LogP contribution in [0.4, 0.5) is 52.7 Å². The minimum Gasteiger partial charge on any atom is -0.399 e. The Kier molecular flexibility index (Phi) is 6.73. The van der Waals surface area contributed by atoms with Gasteiger partial charge in [0.2, 0.25) is 0 Å². The molecule has 0 saturated carbocycles. The number of halogens is 12. The molecule has 1 saturated heterocycles. The van der Waals surface area contributed by atoms with Crippen molar-refractivity contribution in [1.82, 2.24) is 0 Å². The minimum atomic E-state index is -5.62. The summed E-state index contributed by atoms with van der Waals surface area (Å²) in [6, 6.07) is -0.517. The smallest absolute Gasteiger partial charge is 0.399 e. The Bertz CT molecular complexity index is 1140. The molecule has 0 bridgehead atoms. The molecule has 1 aliphatic rings. The lowest BCUT2D eigenvalue weighted by Crippen LogP contribution is -2.41. The second-order valence-electron chi connectivity index (χ2n) is 9.37. The van der Waals surface area contributed by atoms with Gasteiger partial charge in [0.25, 0.3) is 0 Å². The number of hydrogen-bond acceptors (Lipinski definition) is 2. The lowest BCUT2D eigenvalue weighted by molar-refractivity contribution is -0.144. The fourth-order valence-electron chi connectivity index (χ4n) is 3.63. The van der Waals surface area contributed by atoms with E-state index < -0.39 is 81.9 Å². The van der Waals surface area contributed by atoms with E-state index in [9.17, 15) is 52.7 Å². The molecule has 0 amide bonds. The number of hydrogen-bond donors (Lipinski definition) is 0. The van der Waals surface area contributed by atoms with Crippen molar-refractivity contribution in [2.45, 2.75) is 63.6 Å². The van der Waals surface area contributed by atoms with E-state index in [0.717, 1.165) is 0 Å². The maximum Gasteiger partial charge on any atom is 0.495 e. The van der Waals surface area contributed by atoms with Crippen LogP contribution in [-0.2, 0) is 34.0 Å². The summed E-state index contributed by atoms with van der Waals surface area (Å²) in [7, 11) is -1.99. The zero-order chi connectivity index (χ0) is 28.6. The standard InChI is InChI=1S/C22H17BF12O2/c1-17(2)18(3,4)37-23(36-17)15-9-13(21(30,31)32)8-14(22(33,34)35)16(15)10-5-11(19(24,25)26)7-12(6-10)20(27,28)29/h5-9H,1-4H3. The maximum absolute atomic E-state index is 14.0. The van der Waals surface area contributed by atoms with Crippen LogP contribution in [0.25, 0.3) is 11.1 Å². The molecule has 2 nitrogen and oxygen atoms in total. The molecular formula is C22H17BF12O2. The molecule has 1 aliphatic heterocycles. The topological polar surface area (TPSA) is 18.5 Å². The molecule has 0 radical (unpaired) electrons. The average Bonchev–Trinajstić information content (AvgIpc) is 2.91. The molecule has 1 fully saturated rings. The van der Waals surface area contributed by atoms with Crippen LogP contribution in [0.5, 0.6) is 0 Å². The molecule has 204 valence electrons. The van der Waals surface area contributed by atoms with Crippen LogP contribution in [0, 0.1) is 0 Å². The molecule has 0 N–H and O–H groups in total. The van der Waals surface area contributed by atoms with Crippen molar-refractivity contribution < 1.29 is 62.0 Å². The highest BCUT2D eigenvalue weighted by Crippen LogP contribution is 2.45. The van der Waals surface area contributed by atoms with E-state index in [-0.39, 0.29) is 30.3 Å². The van der Waals surface area contributed by atoms with Crippen molar-refractivity contribution in [3.63, 3.8) is 0 Å². The van der Waals surface area contributed by atoms with Gasteiger partial charge in [-0.05, 0) is 74.6 Å². The van der Waals surface area contributed by atoms with Gasteiger partial charge in [-0.2, -0.15) is 52.7 Å². The van der Waals surface area contributed by atoms with Gasteiger partial charge < -0.3 is 9.31 Å². The van der Waals surface area contributed by atoms with E-state index in [4.69, 9.17) is 9.31 Å². The van der Waals surface area contributed by atoms with Gasteiger partial charge in [-0.25, -0.2) is 0 Å². The normalized spacial score (nSPS) is 18.4. The quantitative estimate of drug-likeness (QED) is 0.281. The van der Waals surface area contributed by atoms with Gasteiger partial charge in [0.1, 0.15) is 0 Å². The summed E-state index contributed by atoms with van der Waals surface area (Å²) in [6.07, 6.45) is -21.8. The monoisotopic (exact) mass is 552 g/mol. The molecule has 2 aromatic rings. The summed E-state index contributed by atoms with van der Waals surface area (Å²) in [5.74, 6) is 0. The first kappa shape index (κ1) is 29.1. The van der Waals surface area contributed by atoms with E-state index in [1.807, 2.05) is 0 Å². The van der Waals surface area contributed by atoms with E-state index >= 15 is 0 Å². The minimum absolute atomic E-state index is 0.00180. The van der Waals surface area contributed by atoms with Gasteiger partial charge in [-0.15, -0.1) is 0 Å². The van der Waals surface area contributed by atoms with Gasteiger partial charge >= 0.3 is 31.8 Å². The predicted octanol–water partition coefficient (Wildman–Crippen LogP) is 7.73. The molecule has 0 atom stereocenters. The van der Waals surface area contributed by atoms with Gasteiger partial charge in [0, 0.05) is 0 Å². The van der Waals surface area contributed by atoms with E-state index in [1.54, 1.807) is 0 Å². The highest BCUT2D eigenvalue weighted by Gasteiger charge is 2.54. The maximum atomic E-state index is 14.0. The van der Waals surface area contributed by atoms with E-state index in [2.05, 4.69) is 0 Å². The molecular weight excluding hydrogens is 535 g/mol. The van der Waals surface area contributed by atoms with Crippen LogP contribution < -0.4 is 5.46 Å². The average molecular weight is 552 g/mol. The van der Waals surface area contributed by atoms with Crippen molar-refractivity contribution in [2.75, 3.05) is 0 Å². The van der Waals surface area contributed by atoms with Crippen LogP contribution in [-0.4, -0.2) is 18.3 Å². The number of rotatable bonds is 2. The third-order valence-electron chi connectivity index (χ3n) is 6.19. The highest BCUT2D eigenvalue weighted by atomic mass is 19.4. The fourth-order valence-corrected chi connectivity index (χ4v) is 3.63. The van der Waals surface area contributed by atoms with Gasteiger partial charge in [-0.1, -0.05) is 0 Å². The summed E-state index contributed by atoms with van der Waals surface area (Å²) in [5.41, 5.74) is -14.2. The molecule has 3 rings (SSSR count). The van der Waals surface area contributed by atoms with Crippen LogP contribution >= 0.6 is 0 Å². The molecule has 0 unspecified atom stereocenters. The third-order valence-corrected chi connectivity index (χ3v) is 6.19. The molecule has 2 aromatic carbocycles. The molecule has 37 heavy (non-hydrogen) atoms. The second kappa shape index (κ2) is 8.55. The summed E-state index contributed by atoms with van der Waals surface area (Å²) < 4.78 is 174. The fraction of sp³-hybridized carbons (Fsp3) is 0.455. The van der Waals surface area contributed by atoms with Gasteiger partial charge in [0.15, 0.2) is 0 Å². The zero-order valence-electron chi connectivity index (χ0n) is 19.3. The Morgan fingerprint density at radius 1 is 0.541 bits per heavy atom. The first-order chi connectivity index (χ1) is 16.3. The van der Waals surface area contributed by atoms with Gasteiger partial charge in [-0.3, -0.25) is 0 Å². The Balaban J connectivity index is 2.49. The Hall–Kier alpha value is -2.42. The Labute approximate surface area is 202 Å². The summed E-state index contributed by atoms with van der Waals surface area (Å²) in [4.78, 5) is 0. The van der Waals surface area contributed by atoms with Crippen molar-refractivity contribution in [2.24, 2.45) is 0 Å². The van der Waals surface area contributed by atoms with Crippen molar-refractivity contribution in [3.05, 3.63) is 52.6 Å². The second-order valence-corrected chi connectivity index (χ2v) is 9.37. The van der Waals surface area contributed by atoms with Crippen molar-refractivity contribution in [1.29, 1.82) is 0 Å². The lowest BCUT2D eigenvalue weighted by Gasteiger charge is -2.32. The largest absolute Gasteiger partial charge is 0.495 e. The first-order valence-electron chi connectivity index (χ1n) is 10.3.